The first kappa shape index (κ1) is 12.4. The molecule has 1 aromatic heterocycles. The van der Waals surface area contributed by atoms with Gasteiger partial charge in [-0.05, 0) is 71.1 Å². The third-order valence-electron chi connectivity index (χ3n) is 3.55. The van der Waals surface area contributed by atoms with Gasteiger partial charge >= 0.3 is 0 Å². The Balaban J connectivity index is 2.17. The molecular weight excluding hydrogens is 375 g/mol. The van der Waals surface area contributed by atoms with Gasteiger partial charge in [-0.2, -0.15) is 0 Å². The van der Waals surface area contributed by atoms with Crippen LogP contribution in [0.5, 0.6) is 0 Å². The molecule has 0 atom stereocenters. The molecule has 0 N–H and O–H groups in total. The van der Waals surface area contributed by atoms with E-state index in [1.165, 1.54) is 28.6 Å². The van der Waals surface area contributed by atoms with Crippen LogP contribution in [-0.2, 0) is 0 Å². The highest BCUT2D eigenvalue weighted by Crippen LogP contribution is 2.47. The maximum atomic E-state index is 2.36. The molecule has 4 rings (SSSR count). The fourth-order valence-corrected chi connectivity index (χ4v) is 5.42. The number of benzene rings is 3. The molecule has 0 aliphatic carbocycles. The second-order valence-electron chi connectivity index (χ2n) is 4.75. The van der Waals surface area contributed by atoms with Crippen LogP contribution in [0, 0.1) is 3.57 Å². The van der Waals surface area contributed by atoms with E-state index in [9.17, 15) is 0 Å². The minimum atomic E-state index is 0.0478. The molecule has 0 aliphatic rings. The Kier molecular flexibility index (Phi) is 3.00. The highest BCUT2D eigenvalue weighted by molar-refractivity contribution is 14.1. The van der Waals surface area contributed by atoms with E-state index in [1.807, 2.05) is 0 Å². The van der Waals surface area contributed by atoms with Crippen LogP contribution in [0.2, 0.25) is 0 Å². The fourth-order valence-electron chi connectivity index (χ4n) is 2.68. The van der Waals surface area contributed by atoms with E-state index >= 15 is 0 Å². The van der Waals surface area contributed by atoms with E-state index in [-0.39, 0.29) is 10.5 Å². The van der Waals surface area contributed by atoms with Crippen LogP contribution in [0.15, 0.2) is 72.8 Å². The average Bonchev–Trinajstić information content (AvgIpc) is 2.83. The largest absolute Gasteiger partial charge is 0.187 e. The Morgan fingerprint density at radius 2 is 1.10 bits per heavy atom. The molecule has 4 aromatic rings. The summed E-state index contributed by atoms with van der Waals surface area (Å²) in [6, 6.07) is 26.5. The molecule has 0 saturated carbocycles. The van der Waals surface area contributed by atoms with Crippen LogP contribution < -0.4 is 0 Å². The Bertz CT molecular complexity index is 850. The fraction of sp³-hybridized carbons (Fsp3) is 0. The third kappa shape index (κ3) is 1.86. The van der Waals surface area contributed by atoms with Crippen molar-refractivity contribution in [2.45, 2.75) is 0 Å². The summed E-state index contributed by atoms with van der Waals surface area (Å²) in [6.45, 7) is 0. The lowest BCUT2D eigenvalue weighted by atomic mass is 10.2. The number of halogens is 1. The van der Waals surface area contributed by atoms with Gasteiger partial charge in [-0.3, -0.25) is 0 Å². The lowest BCUT2D eigenvalue weighted by molar-refractivity contribution is 1.68. The molecule has 1 heterocycles. The zero-order valence-electron chi connectivity index (χ0n) is 10.7. The van der Waals surface area contributed by atoms with Crippen molar-refractivity contribution in [3.05, 3.63) is 76.4 Å². The molecular formula is C18H12IS+. The zero-order chi connectivity index (χ0) is 13.5. The lowest BCUT2D eigenvalue weighted by Gasteiger charge is -1.93. The first-order valence-electron chi connectivity index (χ1n) is 6.53. The molecule has 0 nitrogen and oxygen atoms in total. The van der Waals surface area contributed by atoms with Crippen LogP contribution in [0.3, 0.4) is 0 Å². The summed E-state index contributed by atoms with van der Waals surface area (Å²) in [6.07, 6.45) is 0. The molecule has 0 bridgehead atoms. The summed E-state index contributed by atoms with van der Waals surface area (Å²) in [4.78, 5) is 1.41. The van der Waals surface area contributed by atoms with Crippen molar-refractivity contribution in [3.8, 4) is 4.90 Å². The number of hydrogen-bond acceptors (Lipinski definition) is 0. The molecule has 0 saturated heterocycles. The molecule has 0 spiro atoms. The van der Waals surface area contributed by atoms with Gasteiger partial charge < -0.3 is 0 Å². The molecule has 2 heteroatoms. The standard InChI is InChI=1S/C18H12IS/c19-13-9-11-14(12-10-13)20-17-7-3-1-5-15(17)16-6-2-4-8-18(16)20/h1-12H/q+1. The summed E-state index contributed by atoms with van der Waals surface area (Å²) in [7, 11) is 0.0478. The number of fused-ring (bicyclic) bond motifs is 3. The Hall–Kier alpha value is -1.39. The third-order valence-corrected chi connectivity index (χ3v) is 6.61. The van der Waals surface area contributed by atoms with Gasteiger partial charge in [-0.25, -0.2) is 0 Å². The molecule has 0 radical (unpaired) electrons. The van der Waals surface area contributed by atoms with E-state index in [2.05, 4.69) is 95.4 Å². The number of hydrogen-bond donors (Lipinski definition) is 0. The summed E-state index contributed by atoms with van der Waals surface area (Å²) < 4.78 is 4.19. The van der Waals surface area contributed by atoms with Crippen molar-refractivity contribution >= 4 is 53.2 Å². The zero-order valence-corrected chi connectivity index (χ0v) is 13.7. The maximum Gasteiger partial charge on any atom is 0.187 e. The van der Waals surface area contributed by atoms with Gasteiger partial charge in [0.1, 0.15) is 0 Å². The van der Waals surface area contributed by atoms with Gasteiger partial charge in [0.25, 0.3) is 0 Å². The smallest absolute Gasteiger partial charge is 0.0612 e. The van der Waals surface area contributed by atoms with Crippen molar-refractivity contribution < 1.29 is 0 Å². The molecule has 3 aromatic carbocycles. The predicted molar refractivity (Wildman–Crippen MR) is 98.0 cm³/mol. The SMILES string of the molecule is Ic1ccc(-[s+]2c3ccccc3c3ccccc32)cc1. The minimum Gasteiger partial charge on any atom is -0.0612 e. The first-order chi connectivity index (χ1) is 9.84. The van der Waals surface area contributed by atoms with Crippen LogP contribution in [0.1, 0.15) is 0 Å². The molecule has 0 fully saturated rings. The van der Waals surface area contributed by atoms with Crippen LogP contribution in [0.25, 0.3) is 25.1 Å². The van der Waals surface area contributed by atoms with Gasteiger partial charge in [-0.15, -0.1) is 0 Å². The Morgan fingerprint density at radius 1 is 0.600 bits per heavy atom. The Morgan fingerprint density at radius 3 is 1.65 bits per heavy atom. The van der Waals surface area contributed by atoms with Gasteiger partial charge in [0.2, 0.25) is 0 Å². The quantitative estimate of drug-likeness (QED) is 0.264. The van der Waals surface area contributed by atoms with E-state index in [4.69, 9.17) is 0 Å². The maximum absolute atomic E-state index is 2.36. The van der Waals surface area contributed by atoms with Crippen LogP contribution in [0.4, 0.5) is 0 Å². The summed E-state index contributed by atoms with van der Waals surface area (Å²) >= 11 is 2.36. The van der Waals surface area contributed by atoms with Gasteiger partial charge in [-0.1, -0.05) is 24.3 Å². The number of thiophene rings is 1. The average molecular weight is 387 g/mol. The molecule has 20 heavy (non-hydrogen) atoms. The lowest BCUT2D eigenvalue weighted by Crippen LogP contribution is -1.72. The second-order valence-corrected chi connectivity index (χ2v) is 7.96. The van der Waals surface area contributed by atoms with Gasteiger partial charge in [0.15, 0.2) is 14.3 Å². The second kappa shape index (κ2) is 4.86. The van der Waals surface area contributed by atoms with E-state index in [0.29, 0.717) is 0 Å². The van der Waals surface area contributed by atoms with Crippen molar-refractivity contribution in [3.63, 3.8) is 0 Å². The highest BCUT2D eigenvalue weighted by Gasteiger charge is 2.22. The first-order valence-corrected chi connectivity index (χ1v) is 8.83. The summed E-state index contributed by atoms with van der Waals surface area (Å²) in [5, 5.41) is 2.79. The van der Waals surface area contributed by atoms with Gasteiger partial charge in [0.05, 0.1) is 0 Å². The summed E-state index contributed by atoms with van der Waals surface area (Å²) in [5.41, 5.74) is 0. The van der Waals surface area contributed by atoms with E-state index in [1.54, 1.807) is 0 Å². The van der Waals surface area contributed by atoms with E-state index in [0.717, 1.165) is 0 Å². The monoisotopic (exact) mass is 387 g/mol. The number of rotatable bonds is 1. The van der Waals surface area contributed by atoms with Gasteiger partial charge in [0, 0.05) is 24.8 Å². The van der Waals surface area contributed by atoms with Crippen molar-refractivity contribution in [2.24, 2.45) is 0 Å². The summed E-state index contributed by atoms with van der Waals surface area (Å²) in [5.74, 6) is 0. The molecule has 0 aliphatic heterocycles. The van der Waals surface area contributed by atoms with Crippen molar-refractivity contribution in [1.82, 2.24) is 0 Å². The Labute approximate surface area is 134 Å². The van der Waals surface area contributed by atoms with Crippen molar-refractivity contribution in [2.75, 3.05) is 0 Å². The normalized spacial score (nSPS) is 11.2. The van der Waals surface area contributed by atoms with Crippen LogP contribution in [-0.4, -0.2) is 0 Å². The van der Waals surface area contributed by atoms with Crippen LogP contribution >= 0.6 is 33.1 Å². The molecule has 0 unspecified atom stereocenters. The van der Waals surface area contributed by atoms with E-state index < -0.39 is 0 Å². The topological polar surface area (TPSA) is 0 Å². The highest BCUT2D eigenvalue weighted by atomic mass is 127. The minimum absolute atomic E-state index is 0.0478. The molecule has 96 valence electrons. The molecule has 0 amide bonds. The predicted octanol–water partition coefficient (Wildman–Crippen LogP) is 6.34. The van der Waals surface area contributed by atoms with Crippen molar-refractivity contribution in [1.29, 1.82) is 0 Å².